The first-order valence-corrected chi connectivity index (χ1v) is 9.50. The molecule has 1 aliphatic heterocycles. The van der Waals surface area contributed by atoms with Crippen molar-refractivity contribution in [2.45, 2.75) is 32.3 Å². The van der Waals surface area contributed by atoms with E-state index in [1.54, 1.807) is 11.1 Å². The van der Waals surface area contributed by atoms with Gasteiger partial charge in [-0.05, 0) is 36.6 Å². The second-order valence-corrected chi connectivity index (χ2v) is 7.26. The molecule has 0 radical (unpaired) electrons. The molecule has 140 valence electrons. The number of β-amino-alcohol motifs (C(OH)–C–C–N with tert-alkyl or cyclic N) is 1. The molecule has 0 spiro atoms. The number of carbonyl (C=O) groups is 1. The Morgan fingerprint density at radius 1 is 1.30 bits per heavy atom. The van der Waals surface area contributed by atoms with Gasteiger partial charge in [-0.2, -0.15) is 5.10 Å². The second kappa shape index (κ2) is 7.48. The fourth-order valence-corrected chi connectivity index (χ4v) is 3.87. The van der Waals surface area contributed by atoms with E-state index in [9.17, 15) is 9.90 Å². The maximum atomic E-state index is 12.7. The fourth-order valence-electron chi connectivity index (χ4n) is 3.87. The van der Waals surface area contributed by atoms with Gasteiger partial charge in [-0.1, -0.05) is 31.5 Å². The summed E-state index contributed by atoms with van der Waals surface area (Å²) in [5.74, 6) is -0.108. The van der Waals surface area contributed by atoms with Crippen LogP contribution >= 0.6 is 0 Å². The van der Waals surface area contributed by atoms with Crippen LogP contribution in [0.5, 0.6) is 0 Å². The van der Waals surface area contributed by atoms with Crippen molar-refractivity contribution >= 4 is 16.8 Å². The number of hydrogen-bond donors (Lipinski definition) is 2. The maximum absolute atomic E-state index is 12.7. The van der Waals surface area contributed by atoms with Crippen LogP contribution in [0.3, 0.4) is 0 Å². The van der Waals surface area contributed by atoms with E-state index in [0.29, 0.717) is 18.8 Å². The molecule has 1 aliphatic rings. The number of pyridine rings is 1. The Kier molecular flexibility index (Phi) is 4.90. The molecule has 6 heteroatoms. The Labute approximate surface area is 158 Å². The van der Waals surface area contributed by atoms with Crippen molar-refractivity contribution in [2.75, 3.05) is 13.1 Å². The lowest BCUT2D eigenvalue weighted by Crippen LogP contribution is -2.29. The zero-order chi connectivity index (χ0) is 18.8. The van der Waals surface area contributed by atoms with Crippen molar-refractivity contribution in [1.29, 1.82) is 0 Å². The molecule has 2 N–H and O–H groups in total. The van der Waals surface area contributed by atoms with Gasteiger partial charge in [0.05, 0.1) is 11.6 Å². The molecular weight excluding hydrogens is 340 g/mol. The molecule has 2 atom stereocenters. The first-order chi connectivity index (χ1) is 13.2. The highest BCUT2D eigenvalue weighted by molar-refractivity contribution is 5.92. The van der Waals surface area contributed by atoms with Crippen molar-refractivity contribution in [2.24, 2.45) is 5.92 Å². The summed E-state index contributed by atoms with van der Waals surface area (Å²) in [6.45, 7) is 2.97. The molecular formula is C21H24N4O2. The standard InChI is InChI=1S/C21H24N4O2/c1-2-5-16-11-19(24-23-16)21(27)25-12-15(20(26)13-25)10-14-8-9-22-18-7-4-3-6-17(14)18/h3-4,6-9,11,15,20,26H,2,5,10,12-13H2,1H3,(H,23,24)/t15-,20-/m1/s1. The summed E-state index contributed by atoms with van der Waals surface area (Å²) >= 11 is 0. The van der Waals surface area contributed by atoms with E-state index in [4.69, 9.17) is 0 Å². The van der Waals surface area contributed by atoms with E-state index in [1.807, 2.05) is 30.3 Å². The van der Waals surface area contributed by atoms with Gasteiger partial charge in [-0.15, -0.1) is 0 Å². The third kappa shape index (κ3) is 3.57. The summed E-state index contributed by atoms with van der Waals surface area (Å²) in [5, 5.41) is 18.7. The van der Waals surface area contributed by atoms with Gasteiger partial charge in [-0.25, -0.2) is 0 Å². The highest BCUT2D eigenvalue weighted by Crippen LogP contribution is 2.26. The number of benzene rings is 1. The molecule has 3 aromatic rings. The lowest BCUT2D eigenvalue weighted by molar-refractivity contribution is 0.0759. The number of aromatic amines is 1. The smallest absolute Gasteiger partial charge is 0.274 e. The molecule has 1 amide bonds. The third-order valence-electron chi connectivity index (χ3n) is 5.28. The number of aliphatic hydroxyl groups is 1. The average Bonchev–Trinajstić information content (AvgIpc) is 3.29. The van der Waals surface area contributed by atoms with Gasteiger partial charge in [0.15, 0.2) is 0 Å². The molecule has 1 fully saturated rings. The summed E-state index contributed by atoms with van der Waals surface area (Å²) in [5.41, 5.74) is 3.51. The van der Waals surface area contributed by atoms with E-state index >= 15 is 0 Å². The zero-order valence-electron chi connectivity index (χ0n) is 15.4. The molecule has 1 aromatic carbocycles. The molecule has 2 aromatic heterocycles. The predicted octanol–water partition coefficient (Wildman–Crippen LogP) is 2.59. The number of para-hydroxylation sites is 1. The molecule has 6 nitrogen and oxygen atoms in total. The summed E-state index contributed by atoms with van der Waals surface area (Å²) in [7, 11) is 0. The minimum atomic E-state index is -0.532. The Morgan fingerprint density at radius 3 is 3.00 bits per heavy atom. The number of aromatic nitrogens is 3. The number of amides is 1. The number of aryl methyl sites for hydroxylation is 1. The van der Waals surface area contributed by atoms with E-state index < -0.39 is 6.10 Å². The monoisotopic (exact) mass is 364 g/mol. The van der Waals surface area contributed by atoms with E-state index in [2.05, 4.69) is 28.2 Å². The van der Waals surface area contributed by atoms with Crippen LogP contribution < -0.4 is 0 Å². The summed E-state index contributed by atoms with van der Waals surface area (Å²) in [4.78, 5) is 18.9. The largest absolute Gasteiger partial charge is 0.391 e. The van der Waals surface area contributed by atoms with Crippen LogP contribution in [-0.2, 0) is 12.8 Å². The van der Waals surface area contributed by atoms with Gasteiger partial charge in [0.1, 0.15) is 5.69 Å². The van der Waals surface area contributed by atoms with E-state index in [1.165, 1.54) is 0 Å². The van der Waals surface area contributed by atoms with Gasteiger partial charge in [0.2, 0.25) is 0 Å². The number of likely N-dealkylation sites (tertiary alicyclic amines) is 1. The zero-order valence-corrected chi connectivity index (χ0v) is 15.4. The lowest BCUT2D eigenvalue weighted by Gasteiger charge is -2.15. The Morgan fingerprint density at radius 2 is 2.15 bits per heavy atom. The van der Waals surface area contributed by atoms with Crippen LogP contribution in [-0.4, -0.2) is 50.3 Å². The second-order valence-electron chi connectivity index (χ2n) is 7.26. The van der Waals surface area contributed by atoms with Crippen molar-refractivity contribution in [3.63, 3.8) is 0 Å². The molecule has 0 aliphatic carbocycles. The maximum Gasteiger partial charge on any atom is 0.274 e. The number of H-pyrrole nitrogens is 1. The quantitative estimate of drug-likeness (QED) is 0.729. The predicted molar refractivity (Wildman–Crippen MR) is 103 cm³/mol. The molecule has 1 saturated heterocycles. The SMILES string of the molecule is CCCc1cc(C(=O)N2C[C@@H](Cc3ccnc4ccccc34)[C@H](O)C2)n[nH]1. The highest BCUT2D eigenvalue weighted by atomic mass is 16.3. The van der Waals surface area contributed by atoms with Gasteiger partial charge in [0, 0.05) is 36.3 Å². The normalized spacial score (nSPS) is 19.7. The Bertz CT molecular complexity index is 947. The number of nitrogens with zero attached hydrogens (tertiary/aromatic N) is 3. The average molecular weight is 364 g/mol. The van der Waals surface area contributed by atoms with Crippen molar-refractivity contribution < 1.29 is 9.90 Å². The van der Waals surface area contributed by atoms with Crippen LogP contribution in [0.1, 0.15) is 35.1 Å². The number of rotatable bonds is 5. The molecule has 4 rings (SSSR count). The summed E-state index contributed by atoms with van der Waals surface area (Å²) in [6.07, 6.45) is 3.87. The first kappa shape index (κ1) is 17.7. The molecule has 27 heavy (non-hydrogen) atoms. The topological polar surface area (TPSA) is 82.1 Å². The van der Waals surface area contributed by atoms with Gasteiger partial charge in [0.25, 0.3) is 5.91 Å². The van der Waals surface area contributed by atoms with Gasteiger partial charge in [-0.3, -0.25) is 14.9 Å². The van der Waals surface area contributed by atoms with Crippen molar-refractivity contribution in [3.05, 3.63) is 59.5 Å². The first-order valence-electron chi connectivity index (χ1n) is 9.50. The van der Waals surface area contributed by atoms with Crippen molar-refractivity contribution in [1.82, 2.24) is 20.1 Å². The van der Waals surface area contributed by atoms with Crippen LogP contribution in [0.4, 0.5) is 0 Å². The number of carbonyl (C=O) groups excluding carboxylic acids is 1. The molecule has 3 heterocycles. The third-order valence-corrected chi connectivity index (χ3v) is 5.28. The Hall–Kier alpha value is -2.73. The van der Waals surface area contributed by atoms with E-state index in [0.717, 1.165) is 41.4 Å². The molecule has 0 bridgehead atoms. The number of nitrogens with one attached hydrogen (secondary N) is 1. The number of fused-ring (bicyclic) bond motifs is 1. The van der Waals surface area contributed by atoms with Crippen LogP contribution in [0, 0.1) is 5.92 Å². The Balaban J connectivity index is 1.48. The molecule has 0 unspecified atom stereocenters. The van der Waals surface area contributed by atoms with Crippen molar-refractivity contribution in [3.8, 4) is 0 Å². The molecule has 0 saturated carbocycles. The minimum absolute atomic E-state index is 0.00816. The minimum Gasteiger partial charge on any atom is -0.391 e. The van der Waals surface area contributed by atoms with Crippen LogP contribution in [0.25, 0.3) is 10.9 Å². The van der Waals surface area contributed by atoms with Gasteiger partial charge >= 0.3 is 0 Å². The number of aliphatic hydroxyl groups excluding tert-OH is 1. The summed E-state index contributed by atoms with van der Waals surface area (Å²) in [6, 6.07) is 11.8. The summed E-state index contributed by atoms with van der Waals surface area (Å²) < 4.78 is 0. The van der Waals surface area contributed by atoms with E-state index in [-0.39, 0.29) is 11.8 Å². The number of hydrogen-bond acceptors (Lipinski definition) is 4. The highest BCUT2D eigenvalue weighted by Gasteiger charge is 2.35. The van der Waals surface area contributed by atoms with Crippen LogP contribution in [0.15, 0.2) is 42.6 Å². The lowest BCUT2D eigenvalue weighted by atomic mass is 9.94. The fraction of sp³-hybridized carbons (Fsp3) is 0.381. The van der Waals surface area contributed by atoms with Crippen LogP contribution in [0.2, 0.25) is 0 Å². The van der Waals surface area contributed by atoms with Gasteiger partial charge < -0.3 is 10.0 Å².